The van der Waals surface area contributed by atoms with E-state index >= 15 is 0 Å². The predicted molar refractivity (Wildman–Crippen MR) is 125 cm³/mol. The smallest absolute Gasteiger partial charge is 0.262 e. The monoisotopic (exact) mass is 474 g/mol. The summed E-state index contributed by atoms with van der Waals surface area (Å²) >= 11 is 6.04. The summed E-state index contributed by atoms with van der Waals surface area (Å²) in [7, 11) is -2.36. The van der Waals surface area contributed by atoms with E-state index in [9.17, 15) is 13.2 Å². The van der Waals surface area contributed by atoms with E-state index in [4.69, 9.17) is 21.1 Å². The fourth-order valence-electron chi connectivity index (χ4n) is 3.05. The van der Waals surface area contributed by atoms with Crippen LogP contribution in [0.2, 0.25) is 5.02 Å². The van der Waals surface area contributed by atoms with E-state index in [1.807, 2.05) is 32.0 Å². The third-order valence-electron chi connectivity index (χ3n) is 4.41. The standard InChI is InChI=1S/C23H23ClN2O5S/c1-15-10-16(2)12-18(11-15)25-23(27)14-31-19-5-7-20(8-6-19)32(28,29)26-17-4-9-22(30-3)21(24)13-17/h4-13,26H,14H2,1-3H3,(H,25,27). The summed E-state index contributed by atoms with van der Waals surface area (Å²) in [5.74, 6) is 0.495. The Morgan fingerprint density at radius 3 is 2.19 bits per heavy atom. The van der Waals surface area contributed by atoms with Crippen LogP contribution in [0.5, 0.6) is 11.5 Å². The molecule has 0 spiro atoms. The van der Waals surface area contributed by atoms with Gasteiger partial charge in [-0.25, -0.2) is 8.42 Å². The fourth-order valence-corrected chi connectivity index (χ4v) is 4.36. The summed E-state index contributed by atoms with van der Waals surface area (Å²) in [6, 6.07) is 16.1. The number of amides is 1. The van der Waals surface area contributed by atoms with E-state index in [1.54, 1.807) is 12.1 Å². The molecule has 0 aliphatic carbocycles. The van der Waals surface area contributed by atoms with Gasteiger partial charge in [0.1, 0.15) is 11.5 Å². The summed E-state index contributed by atoms with van der Waals surface area (Å²) in [6.07, 6.45) is 0. The van der Waals surface area contributed by atoms with E-state index in [0.29, 0.717) is 22.9 Å². The highest BCUT2D eigenvalue weighted by Gasteiger charge is 2.15. The Morgan fingerprint density at radius 1 is 0.938 bits per heavy atom. The van der Waals surface area contributed by atoms with Gasteiger partial charge >= 0.3 is 0 Å². The second-order valence-corrected chi connectivity index (χ2v) is 9.23. The molecule has 0 aromatic heterocycles. The largest absolute Gasteiger partial charge is 0.495 e. The molecule has 0 atom stereocenters. The summed E-state index contributed by atoms with van der Waals surface area (Å²) < 4.78 is 38.2. The zero-order chi connectivity index (χ0) is 23.3. The van der Waals surface area contributed by atoms with E-state index in [2.05, 4.69) is 10.0 Å². The Morgan fingerprint density at radius 2 is 1.59 bits per heavy atom. The van der Waals surface area contributed by atoms with Crippen LogP contribution < -0.4 is 19.5 Å². The normalized spacial score (nSPS) is 11.0. The summed E-state index contributed by atoms with van der Waals surface area (Å²) in [5.41, 5.74) is 3.09. The summed E-state index contributed by atoms with van der Waals surface area (Å²) in [5, 5.41) is 3.07. The molecule has 32 heavy (non-hydrogen) atoms. The minimum absolute atomic E-state index is 0.0384. The van der Waals surface area contributed by atoms with Gasteiger partial charge in [-0.3, -0.25) is 9.52 Å². The number of benzene rings is 3. The lowest BCUT2D eigenvalue weighted by atomic mass is 10.1. The van der Waals surface area contributed by atoms with Gasteiger partial charge in [0.2, 0.25) is 0 Å². The number of nitrogens with one attached hydrogen (secondary N) is 2. The number of halogens is 1. The first-order valence-electron chi connectivity index (χ1n) is 9.63. The van der Waals surface area contributed by atoms with Gasteiger partial charge in [-0.2, -0.15) is 0 Å². The quantitative estimate of drug-likeness (QED) is 0.490. The second-order valence-electron chi connectivity index (χ2n) is 7.14. The van der Waals surface area contributed by atoms with Crippen molar-refractivity contribution in [2.75, 3.05) is 23.8 Å². The molecule has 0 aliphatic heterocycles. The van der Waals surface area contributed by atoms with Gasteiger partial charge < -0.3 is 14.8 Å². The molecule has 3 rings (SSSR count). The zero-order valence-electron chi connectivity index (χ0n) is 17.8. The van der Waals surface area contributed by atoms with Crippen LogP contribution in [0.3, 0.4) is 0 Å². The van der Waals surface area contributed by atoms with Crippen molar-refractivity contribution in [1.29, 1.82) is 0 Å². The van der Waals surface area contributed by atoms with Crippen molar-refractivity contribution < 1.29 is 22.7 Å². The highest BCUT2D eigenvalue weighted by molar-refractivity contribution is 7.92. The molecule has 0 radical (unpaired) electrons. The molecule has 2 N–H and O–H groups in total. The number of carbonyl (C=O) groups excluding carboxylic acids is 1. The molecule has 3 aromatic rings. The molecule has 0 fully saturated rings. The summed E-state index contributed by atoms with van der Waals surface area (Å²) in [6.45, 7) is 3.70. The van der Waals surface area contributed by atoms with Crippen molar-refractivity contribution in [3.8, 4) is 11.5 Å². The average Bonchev–Trinajstić information content (AvgIpc) is 2.72. The lowest BCUT2D eigenvalue weighted by Gasteiger charge is -2.11. The Hall–Kier alpha value is -3.23. The highest BCUT2D eigenvalue weighted by Crippen LogP contribution is 2.28. The van der Waals surface area contributed by atoms with Gasteiger partial charge in [-0.05, 0) is 79.6 Å². The molecule has 0 saturated carbocycles. The minimum Gasteiger partial charge on any atom is -0.495 e. The molecule has 3 aromatic carbocycles. The number of hydrogen-bond acceptors (Lipinski definition) is 5. The molecule has 0 saturated heterocycles. The molecule has 0 aliphatic rings. The second kappa shape index (κ2) is 9.93. The third kappa shape index (κ3) is 6.15. The van der Waals surface area contributed by atoms with Gasteiger partial charge in [0.25, 0.3) is 15.9 Å². The van der Waals surface area contributed by atoms with E-state index in [0.717, 1.165) is 11.1 Å². The number of aryl methyl sites for hydroxylation is 2. The van der Waals surface area contributed by atoms with Gasteiger partial charge in [0.15, 0.2) is 6.61 Å². The zero-order valence-corrected chi connectivity index (χ0v) is 19.4. The Kier molecular flexibility index (Phi) is 7.27. The minimum atomic E-state index is -3.83. The highest BCUT2D eigenvalue weighted by atomic mass is 35.5. The number of rotatable bonds is 8. The topological polar surface area (TPSA) is 93.7 Å². The first-order valence-corrected chi connectivity index (χ1v) is 11.5. The fraction of sp³-hybridized carbons (Fsp3) is 0.174. The van der Waals surface area contributed by atoms with Crippen molar-refractivity contribution in [2.45, 2.75) is 18.7 Å². The van der Waals surface area contributed by atoms with Gasteiger partial charge in [0.05, 0.1) is 22.7 Å². The summed E-state index contributed by atoms with van der Waals surface area (Å²) in [4.78, 5) is 12.2. The predicted octanol–water partition coefficient (Wildman–Crippen LogP) is 4.78. The molecule has 0 heterocycles. The molecular weight excluding hydrogens is 452 g/mol. The van der Waals surface area contributed by atoms with Crippen LogP contribution in [-0.2, 0) is 14.8 Å². The Balaban J connectivity index is 1.60. The van der Waals surface area contributed by atoms with Crippen LogP contribution in [0.1, 0.15) is 11.1 Å². The number of methoxy groups -OCH3 is 1. The van der Waals surface area contributed by atoms with Crippen LogP contribution >= 0.6 is 11.6 Å². The van der Waals surface area contributed by atoms with Crippen molar-refractivity contribution in [3.05, 3.63) is 76.8 Å². The first-order chi connectivity index (χ1) is 15.2. The van der Waals surface area contributed by atoms with Crippen molar-refractivity contribution in [3.63, 3.8) is 0 Å². The molecule has 0 unspecified atom stereocenters. The number of sulfonamides is 1. The van der Waals surface area contributed by atoms with Crippen molar-refractivity contribution >= 4 is 38.9 Å². The van der Waals surface area contributed by atoms with Crippen LogP contribution in [0.15, 0.2) is 65.6 Å². The third-order valence-corrected chi connectivity index (χ3v) is 6.11. The van der Waals surface area contributed by atoms with Crippen molar-refractivity contribution in [2.24, 2.45) is 0 Å². The molecule has 168 valence electrons. The lowest BCUT2D eigenvalue weighted by Crippen LogP contribution is -2.20. The van der Waals surface area contributed by atoms with E-state index in [-0.39, 0.29) is 22.4 Å². The maximum absolute atomic E-state index is 12.6. The number of anilines is 2. The molecule has 1 amide bonds. The van der Waals surface area contributed by atoms with Crippen LogP contribution in [0.25, 0.3) is 0 Å². The Bertz CT molecular complexity index is 1210. The van der Waals surface area contributed by atoms with E-state index < -0.39 is 10.0 Å². The Labute approximate surface area is 192 Å². The van der Waals surface area contributed by atoms with Crippen LogP contribution in [0, 0.1) is 13.8 Å². The van der Waals surface area contributed by atoms with Crippen molar-refractivity contribution in [1.82, 2.24) is 0 Å². The van der Waals surface area contributed by atoms with Gasteiger partial charge in [-0.1, -0.05) is 17.7 Å². The van der Waals surface area contributed by atoms with Gasteiger partial charge in [-0.15, -0.1) is 0 Å². The van der Waals surface area contributed by atoms with Crippen LogP contribution in [0.4, 0.5) is 11.4 Å². The molecular formula is C23H23ClN2O5S. The number of hydrogen-bond donors (Lipinski definition) is 2. The van der Waals surface area contributed by atoms with Crippen LogP contribution in [-0.4, -0.2) is 28.0 Å². The first kappa shape index (κ1) is 23.4. The maximum Gasteiger partial charge on any atom is 0.262 e. The molecule has 7 nitrogen and oxygen atoms in total. The van der Waals surface area contributed by atoms with E-state index in [1.165, 1.54) is 37.4 Å². The number of carbonyl (C=O) groups is 1. The molecule has 0 bridgehead atoms. The lowest BCUT2D eigenvalue weighted by molar-refractivity contribution is -0.118. The maximum atomic E-state index is 12.6. The van der Waals surface area contributed by atoms with Gasteiger partial charge in [0, 0.05) is 5.69 Å². The SMILES string of the molecule is COc1ccc(NS(=O)(=O)c2ccc(OCC(=O)Nc3cc(C)cc(C)c3)cc2)cc1Cl. The number of ether oxygens (including phenoxy) is 2. The average molecular weight is 475 g/mol. The molecule has 9 heteroatoms.